The van der Waals surface area contributed by atoms with Crippen LogP contribution in [0.2, 0.25) is 0 Å². The fourth-order valence-corrected chi connectivity index (χ4v) is 1.70. The first-order valence-electron chi connectivity index (χ1n) is 4.04. The maximum absolute atomic E-state index is 8.60. The Bertz CT molecular complexity index is 148. The van der Waals surface area contributed by atoms with Crippen LogP contribution < -0.4 is 0 Å². The normalized spacial score (nSPS) is 12.2. The summed E-state index contributed by atoms with van der Waals surface area (Å²) in [6.45, 7) is 2.92. The summed E-state index contributed by atoms with van der Waals surface area (Å²) in [5, 5.41) is 12.5. The Kier molecular flexibility index (Phi) is 8.44. The lowest BCUT2D eigenvalue weighted by Crippen LogP contribution is -2.00. The Hall–Kier alpha value is -0.380. The molecule has 0 aromatic heterocycles. The van der Waals surface area contributed by atoms with E-state index >= 15 is 0 Å². The van der Waals surface area contributed by atoms with Crippen molar-refractivity contribution in [2.75, 3.05) is 18.9 Å². The van der Waals surface area contributed by atoms with E-state index in [1.165, 1.54) is 0 Å². The van der Waals surface area contributed by atoms with Gasteiger partial charge in [0.25, 0.3) is 0 Å². The largest absolute Gasteiger partial charge is 0.396 e. The van der Waals surface area contributed by atoms with Gasteiger partial charge in [0.05, 0.1) is 0 Å². The van der Waals surface area contributed by atoms with Crippen LogP contribution in [0.25, 0.3) is 10.4 Å². The standard InChI is InChI=1S/C7H15N3OS/c1-7(3-5-11)12-6-2-4-9-10-8/h7,11H,2-6H2,1H3. The van der Waals surface area contributed by atoms with Crippen LogP contribution in [-0.4, -0.2) is 29.3 Å². The van der Waals surface area contributed by atoms with Crippen molar-refractivity contribution in [1.29, 1.82) is 0 Å². The highest BCUT2D eigenvalue weighted by molar-refractivity contribution is 7.99. The van der Waals surface area contributed by atoms with Crippen molar-refractivity contribution in [2.45, 2.75) is 25.0 Å². The van der Waals surface area contributed by atoms with Crippen LogP contribution in [-0.2, 0) is 0 Å². The molecule has 0 aliphatic heterocycles. The summed E-state index contributed by atoms with van der Waals surface area (Å²) < 4.78 is 0. The van der Waals surface area contributed by atoms with Gasteiger partial charge in [0.2, 0.25) is 0 Å². The van der Waals surface area contributed by atoms with Crippen molar-refractivity contribution in [3.63, 3.8) is 0 Å². The number of nitrogens with zero attached hydrogens (tertiary/aromatic N) is 3. The van der Waals surface area contributed by atoms with Crippen molar-refractivity contribution in [3.8, 4) is 0 Å². The van der Waals surface area contributed by atoms with Crippen LogP contribution in [0.1, 0.15) is 19.8 Å². The van der Waals surface area contributed by atoms with Gasteiger partial charge in [0.15, 0.2) is 0 Å². The second-order valence-corrected chi connectivity index (χ2v) is 4.05. The molecule has 12 heavy (non-hydrogen) atoms. The third kappa shape index (κ3) is 7.72. The second kappa shape index (κ2) is 8.71. The topological polar surface area (TPSA) is 69.0 Å². The molecule has 0 saturated heterocycles. The van der Waals surface area contributed by atoms with E-state index in [9.17, 15) is 0 Å². The highest BCUT2D eigenvalue weighted by Crippen LogP contribution is 2.14. The lowest BCUT2D eigenvalue weighted by atomic mass is 10.3. The summed E-state index contributed by atoms with van der Waals surface area (Å²) in [6, 6.07) is 0. The van der Waals surface area contributed by atoms with Crippen molar-refractivity contribution in [1.82, 2.24) is 0 Å². The average molecular weight is 189 g/mol. The number of rotatable bonds is 7. The van der Waals surface area contributed by atoms with Gasteiger partial charge in [-0.2, -0.15) is 11.8 Å². The summed E-state index contributed by atoms with van der Waals surface area (Å²) in [7, 11) is 0. The van der Waals surface area contributed by atoms with Crippen molar-refractivity contribution in [2.24, 2.45) is 5.11 Å². The Morgan fingerprint density at radius 3 is 3.00 bits per heavy atom. The second-order valence-electron chi connectivity index (χ2n) is 2.50. The van der Waals surface area contributed by atoms with Gasteiger partial charge in [-0.15, -0.1) is 0 Å². The minimum absolute atomic E-state index is 0.254. The molecule has 0 saturated carbocycles. The molecule has 0 aliphatic rings. The van der Waals surface area contributed by atoms with Crippen LogP contribution in [0.3, 0.4) is 0 Å². The monoisotopic (exact) mass is 189 g/mol. The maximum Gasteiger partial charge on any atom is 0.0441 e. The minimum atomic E-state index is 0.254. The molecule has 0 aliphatic carbocycles. The molecule has 70 valence electrons. The van der Waals surface area contributed by atoms with Gasteiger partial charge in [-0.1, -0.05) is 12.0 Å². The van der Waals surface area contributed by atoms with E-state index in [1.54, 1.807) is 0 Å². The highest BCUT2D eigenvalue weighted by atomic mass is 32.2. The molecule has 5 heteroatoms. The molecule has 0 aromatic rings. The van der Waals surface area contributed by atoms with E-state index in [0.29, 0.717) is 11.8 Å². The van der Waals surface area contributed by atoms with E-state index < -0.39 is 0 Å². The van der Waals surface area contributed by atoms with Gasteiger partial charge in [-0.3, -0.25) is 0 Å². The maximum atomic E-state index is 8.60. The molecule has 0 spiro atoms. The molecule has 0 aromatic carbocycles. The van der Waals surface area contributed by atoms with E-state index in [0.717, 1.165) is 18.6 Å². The van der Waals surface area contributed by atoms with E-state index in [4.69, 9.17) is 10.6 Å². The Morgan fingerprint density at radius 1 is 1.67 bits per heavy atom. The summed E-state index contributed by atoms with van der Waals surface area (Å²) in [5.74, 6) is 1.00. The molecule has 1 N–H and O–H groups in total. The fourth-order valence-electron chi connectivity index (χ4n) is 0.730. The van der Waals surface area contributed by atoms with Crippen LogP contribution >= 0.6 is 11.8 Å². The average Bonchev–Trinajstić information content (AvgIpc) is 2.05. The van der Waals surface area contributed by atoms with Crippen molar-refractivity contribution in [3.05, 3.63) is 10.4 Å². The number of hydrogen-bond acceptors (Lipinski definition) is 3. The van der Waals surface area contributed by atoms with Gasteiger partial charge in [0, 0.05) is 23.3 Å². The molecule has 0 fully saturated rings. The molecule has 4 nitrogen and oxygen atoms in total. The number of aliphatic hydroxyl groups excluding tert-OH is 1. The summed E-state index contributed by atoms with van der Waals surface area (Å²) >= 11 is 1.81. The van der Waals surface area contributed by atoms with E-state index in [-0.39, 0.29) is 6.61 Å². The first kappa shape index (κ1) is 11.6. The fraction of sp³-hybridized carbons (Fsp3) is 1.00. The molecular weight excluding hydrogens is 174 g/mol. The predicted molar refractivity (Wildman–Crippen MR) is 52.3 cm³/mol. The highest BCUT2D eigenvalue weighted by Gasteiger charge is 1.99. The lowest BCUT2D eigenvalue weighted by molar-refractivity contribution is 0.289. The van der Waals surface area contributed by atoms with Gasteiger partial charge >= 0.3 is 0 Å². The number of thioether (sulfide) groups is 1. The SMILES string of the molecule is CC(CCO)SCCCN=[N+]=[N-]. The first-order chi connectivity index (χ1) is 5.81. The van der Waals surface area contributed by atoms with Crippen LogP contribution in [0.4, 0.5) is 0 Å². The Balaban J connectivity index is 3.13. The summed E-state index contributed by atoms with van der Waals surface area (Å²) in [4.78, 5) is 2.66. The summed E-state index contributed by atoms with van der Waals surface area (Å²) in [6.07, 6.45) is 1.76. The van der Waals surface area contributed by atoms with Gasteiger partial charge in [-0.25, -0.2) is 0 Å². The first-order valence-corrected chi connectivity index (χ1v) is 5.09. The minimum Gasteiger partial charge on any atom is -0.396 e. The Labute approximate surface area is 77.0 Å². The molecule has 0 amide bonds. The zero-order valence-corrected chi connectivity index (χ0v) is 8.13. The molecule has 0 heterocycles. The van der Waals surface area contributed by atoms with E-state index in [1.807, 2.05) is 11.8 Å². The van der Waals surface area contributed by atoms with Crippen LogP contribution in [0, 0.1) is 0 Å². The zero-order valence-electron chi connectivity index (χ0n) is 7.31. The van der Waals surface area contributed by atoms with Gasteiger partial charge in [0.1, 0.15) is 0 Å². The smallest absolute Gasteiger partial charge is 0.0441 e. The predicted octanol–water partition coefficient (Wildman–Crippen LogP) is 2.19. The third-order valence-electron chi connectivity index (χ3n) is 1.40. The van der Waals surface area contributed by atoms with Crippen LogP contribution in [0.5, 0.6) is 0 Å². The number of hydrogen-bond donors (Lipinski definition) is 1. The van der Waals surface area contributed by atoms with Crippen molar-refractivity contribution >= 4 is 11.8 Å². The molecule has 0 rings (SSSR count). The van der Waals surface area contributed by atoms with Gasteiger partial charge < -0.3 is 5.11 Å². The molecule has 1 unspecified atom stereocenters. The van der Waals surface area contributed by atoms with E-state index in [2.05, 4.69) is 16.9 Å². The number of aliphatic hydroxyl groups is 1. The Morgan fingerprint density at radius 2 is 2.42 bits per heavy atom. The molecule has 0 radical (unpaired) electrons. The van der Waals surface area contributed by atoms with Gasteiger partial charge in [-0.05, 0) is 24.1 Å². The lowest BCUT2D eigenvalue weighted by Gasteiger charge is -2.07. The zero-order chi connectivity index (χ0) is 9.23. The van der Waals surface area contributed by atoms with Crippen LogP contribution in [0.15, 0.2) is 5.11 Å². The molecule has 0 bridgehead atoms. The quantitative estimate of drug-likeness (QED) is 0.288. The molecular formula is C7H15N3OS. The summed E-state index contributed by atoms with van der Waals surface area (Å²) in [5.41, 5.74) is 7.98. The van der Waals surface area contributed by atoms with Crippen molar-refractivity contribution < 1.29 is 5.11 Å². The third-order valence-corrected chi connectivity index (χ3v) is 2.73. The number of azide groups is 1. The molecule has 1 atom stereocenters.